The molecule has 3 N–H and O–H groups in total. The van der Waals surface area contributed by atoms with E-state index < -0.39 is 11.6 Å². The maximum atomic E-state index is 13.4. The third-order valence-corrected chi connectivity index (χ3v) is 6.59. The van der Waals surface area contributed by atoms with Gasteiger partial charge in [0.1, 0.15) is 11.7 Å². The molecule has 184 valence electrons. The number of para-hydroxylation sites is 1. The Hall–Kier alpha value is -2.85. The molecular weight excluding hydrogens is 428 g/mol. The smallest absolute Gasteiger partial charge is 0.268 e. The molecule has 0 aliphatic heterocycles. The van der Waals surface area contributed by atoms with Crippen molar-refractivity contribution in [1.82, 2.24) is 15.2 Å². The Balaban J connectivity index is 1.79. The van der Waals surface area contributed by atoms with Crippen molar-refractivity contribution < 1.29 is 14.7 Å². The summed E-state index contributed by atoms with van der Waals surface area (Å²) in [6.07, 6.45) is 4.41. The number of nitriles is 1. The van der Waals surface area contributed by atoms with Crippen LogP contribution < -0.4 is 10.6 Å². The monoisotopic (exact) mass is 466 g/mol. The average molecular weight is 467 g/mol. The molecule has 7 heteroatoms. The molecular formula is C27H38N4O3. The standard InChI is InChI=1S/C27H38N4O3/c1-18(2)15-20(17-28)29-25(32)21-10-6-7-11-22(21)30-26(33)24-16-19-9-5-8-12-23(19)31(24)14-13-27(3,4)34/h5,8-9,12,16,18,20-22,34H,6-7,10-11,13-15H2,1-4H3,(H,29,32)(H,30,33). The van der Waals surface area contributed by atoms with Gasteiger partial charge in [-0.2, -0.15) is 5.26 Å². The lowest BCUT2D eigenvalue weighted by atomic mass is 9.83. The molecule has 0 spiro atoms. The molecule has 1 aliphatic carbocycles. The minimum atomic E-state index is -0.848. The second-order valence-electron chi connectivity index (χ2n) is 10.6. The summed E-state index contributed by atoms with van der Waals surface area (Å²) < 4.78 is 1.95. The van der Waals surface area contributed by atoms with E-state index >= 15 is 0 Å². The molecule has 1 saturated carbocycles. The van der Waals surface area contributed by atoms with Crippen molar-refractivity contribution in [3.05, 3.63) is 36.0 Å². The Morgan fingerprint density at radius 2 is 1.94 bits per heavy atom. The van der Waals surface area contributed by atoms with E-state index in [4.69, 9.17) is 0 Å². The number of fused-ring (bicyclic) bond motifs is 1. The molecule has 3 atom stereocenters. The van der Waals surface area contributed by atoms with Crippen molar-refractivity contribution in [2.75, 3.05) is 0 Å². The Bertz CT molecular complexity index is 1040. The summed E-state index contributed by atoms with van der Waals surface area (Å²) in [5, 5.41) is 26.7. The first-order valence-electron chi connectivity index (χ1n) is 12.4. The molecule has 0 saturated heterocycles. The molecule has 3 unspecified atom stereocenters. The van der Waals surface area contributed by atoms with Crippen molar-refractivity contribution in [3.8, 4) is 6.07 Å². The lowest BCUT2D eigenvalue weighted by Crippen LogP contribution is -2.50. The molecule has 1 aromatic heterocycles. The number of aliphatic hydroxyl groups is 1. The van der Waals surface area contributed by atoms with E-state index in [1.165, 1.54) is 0 Å². The van der Waals surface area contributed by atoms with Crippen LogP contribution in [0.25, 0.3) is 10.9 Å². The van der Waals surface area contributed by atoms with Gasteiger partial charge in [0.2, 0.25) is 5.91 Å². The predicted molar refractivity (Wildman–Crippen MR) is 133 cm³/mol. The number of hydrogen-bond acceptors (Lipinski definition) is 4. The Morgan fingerprint density at radius 1 is 1.24 bits per heavy atom. The van der Waals surface area contributed by atoms with E-state index in [1.807, 2.05) is 48.7 Å². The highest BCUT2D eigenvalue weighted by molar-refractivity contribution is 5.99. The van der Waals surface area contributed by atoms with Gasteiger partial charge >= 0.3 is 0 Å². The van der Waals surface area contributed by atoms with Gasteiger partial charge in [-0.1, -0.05) is 44.9 Å². The molecule has 3 rings (SSSR count). The van der Waals surface area contributed by atoms with E-state index in [2.05, 4.69) is 16.7 Å². The topological polar surface area (TPSA) is 107 Å². The summed E-state index contributed by atoms with van der Waals surface area (Å²) in [6.45, 7) is 8.08. The molecule has 0 radical (unpaired) electrons. The summed E-state index contributed by atoms with van der Waals surface area (Å²) in [7, 11) is 0. The molecule has 2 amide bonds. The van der Waals surface area contributed by atoms with Crippen LogP contribution in [0.5, 0.6) is 0 Å². The zero-order chi connectivity index (χ0) is 24.9. The zero-order valence-electron chi connectivity index (χ0n) is 20.8. The average Bonchev–Trinajstić information content (AvgIpc) is 3.15. The minimum absolute atomic E-state index is 0.153. The highest BCUT2D eigenvalue weighted by Gasteiger charge is 2.34. The predicted octanol–water partition coefficient (Wildman–Crippen LogP) is 4.15. The zero-order valence-corrected chi connectivity index (χ0v) is 20.8. The van der Waals surface area contributed by atoms with Crippen LogP contribution in [0.3, 0.4) is 0 Å². The van der Waals surface area contributed by atoms with Gasteiger partial charge in [-0.15, -0.1) is 0 Å². The number of rotatable bonds is 9. The van der Waals surface area contributed by atoms with Crippen LogP contribution in [0.4, 0.5) is 0 Å². The number of hydrogen-bond donors (Lipinski definition) is 3. The number of carbonyl (C=O) groups is 2. The van der Waals surface area contributed by atoms with E-state index in [0.29, 0.717) is 37.4 Å². The fourth-order valence-corrected chi connectivity index (χ4v) is 4.78. The third-order valence-electron chi connectivity index (χ3n) is 6.59. The number of aromatic nitrogens is 1. The largest absolute Gasteiger partial charge is 0.390 e. The number of nitrogens with zero attached hydrogens (tertiary/aromatic N) is 2. The molecule has 1 fully saturated rings. The highest BCUT2D eigenvalue weighted by Crippen LogP contribution is 2.27. The molecule has 2 aromatic rings. The number of benzene rings is 1. The van der Waals surface area contributed by atoms with Gasteiger partial charge in [-0.05, 0) is 57.6 Å². The molecule has 1 aliphatic rings. The summed E-state index contributed by atoms with van der Waals surface area (Å²) in [5.74, 6) is -0.414. The fourth-order valence-electron chi connectivity index (χ4n) is 4.78. The van der Waals surface area contributed by atoms with E-state index in [-0.39, 0.29) is 23.8 Å². The summed E-state index contributed by atoms with van der Waals surface area (Å²) in [5.41, 5.74) is 0.629. The quantitative estimate of drug-likeness (QED) is 0.516. The first-order valence-corrected chi connectivity index (χ1v) is 12.4. The number of aryl methyl sites for hydroxylation is 1. The molecule has 1 heterocycles. The van der Waals surface area contributed by atoms with Crippen LogP contribution in [0.2, 0.25) is 0 Å². The van der Waals surface area contributed by atoms with Gasteiger partial charge in [-0.25, -0.2) is 0 Å². The van der Waals surface area contributed by atoms with Gasteiger partial charge in [0.25, 0.3) is 5.91 Å². The van der Waals surface area contributed by atoms with Gasteiger partial charge in [0.15, 0.2) is 0 Å². The summed E-state index contributed by atoms with van der Waals surface area (Å²) in [6, 6.07) is 11.1. The van der Waals surface area contributed by atoms with Crippen molar-refractivity contribution >= 4 is 22.7 Å². The maximum absolute atomic E-state index is 13.4. The lowest BCUT2D eigenvalue weighted by Gasteiger charge is -2.32. The number of amides is 2. The Morgan fingerprint density at radius 3 is 2.62 bits per heavy atom. The van der Waals surface area contributed by atoms with Crippen LogP contribution in [-0.4, -0.2) is 39.2 Å². The van der Waals surface area contributed by atoms with Crippen LogP contribution in [0.1, 0.15) is 76.7 Å². The number of carbonyl (C=O) groups excluding carboxylic acids is 2. The van der Waals surface area contributed by atoms with Crippen LogP contribution in [0, 0.1) is 23.2 Å². The first kappa shape index (κ1) is 25.8. The molecule has 0 bridgehead atoms. The van der Waals surface area contributed by atoms with Crippen LogP contribution in [-0.2, 0) is 11.3 Å². The van der Waals surface area contributed by atoms with Crippen molar-refractivity contribution in [2.45, 2.75) is 90.4 Å². The molecule has 1 aromatic carbocycles. The van der Waals surface area contributed by atoms with Gasteiger partial charge in [0, 0.05) is 23.5 Å². The van der Waals surface area contributed by atoms with Gasteiger partial charge < -0.3 is 20.3 Å². The van der Waals surface area contributed by atoms with Crippen molar-refractivity contribution in [3.63, 3.8) is 0 Å². The van der Waals surface area contributed by atoms with E-state index in [9.17, 15) is 20.0 Å². The lowest BCUT2D eigenvalue weighted by molar-refractivity contribution is -0.127. The van der Waals surface area contributed by atoms with Gasteiger partial charge in [-0.3, -0.25) is 9.59 Å². The van der Waals surface area contributed by atoms with Crippen LogP contribution >= 0.6 is 0 Å². The summed E-state index contributed by atoms with van der Waals surface area (Å²) >= 11 is 0. The normalized spacial score (nSPS) is 19.6. The van der Waals surface area contributed by atoms with Gasteiger partial charge in [0.05, 0.1) is 17.6 Å². The third kappa shape index (κ3) is 6.60. The fraction of sp³-hybridized carbons (Fsp3) is 0.593. The maximum Gasteiger partial charge on any atom is 0.268 e. The minimum Gasteiger partial charge on any atom is -0.390 e. The first-order chi connectivity index (χ1) is 16.1. The molecule has 34 heavy (non-hydrogen) atoms. The number of nitrogens with one attached hydrogen (secondary N) is 2. The van der Waals surface area contributed by atoms with Crippen molar-refractivity contribution in [1.29, 1.82) is 5.26 Å². The van der Waals surface area contributed by atoms with E-state index in [0.717, 1.165) is 30.2 Å². The van der Waals surface area contributed by atoms with Crippen LogP contribution in [0.15, 0.2) is 30.3 Å². The SMILES string of the molecule is CC(C)CC(C#N)NC(=O)C1CCCCC1NC(=O)c1cc2ccccc2n1CCC(C)(C)O. The Kier molecular flexibility index (Phi) is 8.37. The highest BCUT2D eigenvalue weighted by atomic mass is 16.3. The van der Waals surface area contributed by atoms with Crippen molar-refractivity contribution in [2.24, 2.45) is 11.8 Å². The molecule has 7 nitrogen and oxygen atoms in total. The second kappa shape index (κ2) is 11.1. The van der Waals surface area contributed by atoms with E-state index in [1.54, 1.807) is 13.8 Å². The Labute approximate surface area is 202 Å². The second-order valence-corrected chi connectivity index (χ2v) is 10.6. The summed E-state index contributed by atoms with van der Waals surface area (Å²) in [4.78, 5) is 26.5.